The van der Waals surface area contributed by atoms with Crippen molar-refractivity contribution in [3.05, 3.63) is 34.9 Å². The molecule has 2 fully saturated rings. The van der Waals surface area contributed by atoms with Gasteiger partial charge in [-0.2, -0.15) is 0 Å². The molecule has 3 unspecified atom stereocenters. The van der Waals surface area contributed by atoms with Crippen molar-refractivity contribution in [3.8, 4) is 0 Å². The van der Waals surface area contributed by atoms with Gasteiger partial charge in [0.05, 0.1) is 0 Å². The second-order valence-corrected chi connectivity index (χ2v) is 7.56. The van der Waals surface area contributed by atoms with Gasteiger partial charge in [-0.05, 0) is 74.1 Å². The minimum absolute atomic E-state index is 0.838. The summed E-state index contributed by atoms with van der Waals surface area (Å²) in [5, 5.41) is 4.61. The molecule has 1 nitrogen and oxygen atoms in total. The molecule has 3 atom stereocenters. The van der Waals surface area contributed by atoms with Gasteiger partial charge in [0, 0.05) is 11.1 Å². The molecule has 2 saturated carbocycles. The molecule has 3 rings (SSSR count). The van der Waals surface area contributed by atoms with Crippen LogP contribution in [0, 0.1) is 17.8 Å². The van der Waals surface area contributed by atoms with E-state index in [1.165, 1.54) is 57.1 Å². The highest BCUT2D eigenvalue weighted by atomic mass is 35.5. The molecule has 1 aromatic carbocycles. The first-order valence-corrected chi connectivity index (χ1v) is 9.10. The van der Waals surface area contributed by atoms with Crippen molar-refractivity contribution in [3.63, 3.8) is 0 Å². The highest BCUT2D eigenvalue weighted by Gasteiger charge is 2.31. The van der Waals surface area contributed by atoms with E-state index >= 15 is 0 Å². The van der Waals surface area contributed by atoms with Crippen molar-refractivity contribution >= 4 is 11.6 Å². The largest absolute Gasteiger partial charge is 0.314 e. The van der Waals surface area contributed by atoms with Gasteiger partial charge in [-0.25, -0.2) is 0 Å². The second kappa shape index (κ2) is 7.15. The van der Waals surface area contributed by atoms with E-state index in [0.717, 1.165) is 28.8 Å². The van der Waals surface area contributed by atoms with Crippen LogP contribution in [0.3, 0.4) is 0 Å². The van der Waals surface area contributed by atoms with Gasteiger partial charge in [-0.3, -0.25) is 0 Å². The standard InChI is InChI=1S/C19H28ClN/c1-2-14-3-6-16(13-21-19-9-10-19)17(11-14)12-15-4-7-18(20)8-5-15/h4-5,7-8,14,16-17,19,21H,2-3,6,9-13H2,1H3. The summed E-state index contributed by atoms with van der Waals surface area (Å²) in [6.45, 7) is 3.59. The quantitative estimate of drug-likeness (QED) is 0.773. The third kappa shape index (κ3) is 4.47. The second-order valence-electron chi connectivity index (χ2n) is 7.12. The number of benzene rings is 1. The minimum Gasteiger partial charge on any atom is -0.314 e. The van der Waals surface area contributed by atoms with Crippen molar-refractivity contribution < 1.29 is 0 Å². The third-order valence-corrected chi connectivity index (χ3v) is 5.73. The SMILES string of the molecule is CCC1CCC(CNC2CC2)C(Cc2ccc(Cl)cc2)C1. The molecule has 0 aromatic heterocycles. The van der Waals surface area contributed by atoms with Gasteiger partial charge in [0.2, 0.25) is 0 Å². The molecule has 0 amide bonds. The average molecular weight is 306 g/mol. The Hall–Kier alpha value is -0.530. The summed E-state index contributed by atoms with van der Waals surface area (Å²) < 4.78 is 0. The molecule has 116 valence electrons. The van der Waals surface area contributed by atoms with Crippen molar-refractivity contribution in [1.29, 1.82) is 0 Å². The molecular formula is C19H28ClN. The van der Waals surface area contributed by atoms with Gasteiger partial charge in [0.25, 0.3) is 0 Å². The fourth-order valence-electron chi connectivity index (χ4n) is 3.84. The van der Waals surface area contributed by atoms with E-state index < -0.39 is 0 Å². The Labute approximate surface area is 134 Å². The maximum absolute atomic E-state index is 6.01. The maximum atomic E-state index is 6.01. The van der Waals surface area contributed by atoms with Gasteiger partial charge in [0.15, 0.2) is 0 Å². The molecule has 1 aromatic rings. The minimum atomic E-state index is 0.838. The molecule has 2 aliphatic rings. The normalized spacial score (nSPS) is 29.5. The summed E-state index contributed by atoms with van der Waals surface area (Å²) in [4.78, 5) is 0. The van der Waals surface area contributed by atoms with E-state index in [2.05, 4.69) is 24.4 Å². The van der Waals surface area contributed by atoms with E-state index in [0.29, 0.717) is 0 Å². The highest BCUT2D eigenvalue weighted by molar-refractivity contribution is 6.30. The zero-order valence-electron chi connectivity index (χ0n) is 13.2. The Bertz CT molecular complexity index is 437. The van der Waals surface area contributed by atoms with Crippen LogP contribution < -0.4 is 5.32 Å². The summed E-state index contributed by atoms with van der Waals surface area (Å²) in [5.74, 6) is 2.65. The van der Waals surface area contributed by atoms with E-state index in [1.807, 2.05) is 12.1 Å². The molecule has 0 saturated heterocycles. The lowest BCUT2D eigenvalue weighted by Crippen LogP contribution is -2.35. The molecule has 21 heavy (non-hydrogen) atoms. The van der Waals surface area contributed by atoms with Crippen LogP contribution in [0.4, 0.5) is 0 Å². The van der Waals surface area contributed by atoms with Crippen LogP contribution in [0.2, 0.25) is 5.02 Å². The van der Waals surface area contributed by atoms with Crippen LogP contribution >= 0.6 is 11.6 Å². The number of hydrogen-bond acceptors (Lipinski definition) is 1. The number of hydrogen-bond donors (Lipinski definition) is 1. The lowest BCUT2D eigenvalue weighted by Gasteiger charge is -2.36. The maximum Gasteiger partial charge on any atom is 0.0406 e. The zero-order valence-corrected chi connectivity index (χ0v) is 13.9. The summed E-state index contributed by atoms with van der Waals surface area (Å²) in [6, 6.07) is 9.33. The van der Waals surface area contributed by atoms with Gasteiger partial charge >= 0.3 is 0 Å². The highest BCUT2D eigenvalue weighted by Crippen LogP contribution is 2.37. The van der Waals surface area contributed by atoms with E-state index in [-0.39, 0.29) is 0 Å². The fraction of sp³-hybridized carbons (Fsp3) is 0.684. The van der Waals surface area contributed by atoms with Crippen molar-refractivity contribution in [2.75, 3.05) is 6.54 Å². The topological polar surface area (TPSA) is 12.0 Å². The fourth-order valence-corrected chi connectivity index (χ4v) is 3.97. The Morgan fingerprint density at radius 3 is 2.48 bits per heavy atom. The van der Waals surface area contributed by atoms with E-state index in [9.17, 15) is 0 Å². The van der Waals surface area contributed by atoms with E-state index in [1.54, 1.807) is 0 Å². The number of rotatable bonds is 6. The number of halogens is 1. The van der Waals surface area contributed by atoms with Gasteiger partial charge in [-0.1, -0.05) is 43.5 Å². The Kier molecular flexibility index (Phi) is 5.24. The lowest BCUT2D eigenvalue weighted by atomic mass is 9.71. The molecule has 2 aliphatic carbocycles. The van der Waals surface area contributed by atoms with Crippen LogP contribution in [-0.4, -0.2) is 12.6 Å². The Morgan fingerprint density at radius 2 is 1.81 bits per heavy atom. The molecular weight excluding hydrogens is 278 g/mol. The first-order chi connectivity index (χ1) is 10.2. The van der Waals surface area contributed by atoms with Crippen LogP contribution in [0.5, 0.6) is 0 Å². The van der Waals surface area contributed by atoms with Gasteiger partial charge in [0.1, 0.15) is 0 Å². The van der Waals surface area contributed by atoms with Gasteiger partial charge in [-0.15, -0.1) is 0 Å². The van der Waals surface area contributed by atoms with E-state index in [4.69, 9.17) is 11.6 Å². The molecule has 0 aliphatic heterocycles. The summed E-state index contributed by atoms with van der Waals surface area (Å²) in [7, 11) is 0. The molecule has 0 radical (unpaired) electrons. The molecule has 0 spiro atoms. The van der Waals surface area contributed by atoms with Crippen molar-refractivity contribution in [2.24, 2.45) is 17.8 Å². The average Bonchev–Trinajstić information content (AvgIpc) is 3.32. The van der Waals surface area contributed by atoms with Crippen LogP contribution in [0.1, 0.15) is 51.0 Å². The summed E-state index contributed by atoms with van der Waals surface area (Å²) >= 11 is 6.01. The third-order valence-electron chi connectivity index (χ3n) is 5.48. The molecule has 0 bridgehead atoms. The molecule has 0 heterocycles. The predicted molar refractivity (Wildman–Crippen MR) is 90.8 cm³/mol. The lowest BCUT2D eigenvalue weighted by molar-refractivity contribution is 0.171. The van der Waals surface area contributed by atoms with Gasteiger partial charge < -0.3 is 5.32 Å². The molecule has 1 N–H and O–H groups in total. The van der Waals surface area contributed by atoms with Crippen LogP contribution in [0.25, 0.3) is 0 Å². The predicted octanol–water partition coefficient (Wildman–Crippen LogP) is 5.08. The van der Waals surface area contributed by atoms with Crippen molar-refractivity contribution in [1.82, 2.24) is 5.32 Å². The monoisotopic (exact) mass is 305 g/mol. The first kappa shape index (κ1) is 15.4. The number of nitrogens with one attached hydrogen (secondary N) is 1. The summed E-state index contributed by atoms with van der Waals surface area (Å²) in [5.41, 5.74) is 1.46. The van der Waals surface area contributed by atoms with Crippen LogP contribution in [0.15, 0.2) is 24.3 Å². The van der Waals surface area contributed by atoms with Crippen LogP contribution in [-0.2, 0) is 6.42 Å². The Morgan fingerprint density at radius 1 is 1.05 bits per heavy atom. The molecule has 2 heteroatoms. The Balaban J connectivity index is 1.61. The smallest absolute Gasteiger partial charge is 0.0406 e. The zero-order chi connectivity index (χ0) is 14.7. The first-order valence-electron chi connectivity index (χ1n) is 8.72. The summed E-state index contributed by atoms with van der Waals surface area (Å²) in [6.07, 6.45) is 9.63. The van der Waals surface area contributed by atoms with Crippen molar-refractivity contribution in [2.45, 2.75) is 57.9 Å².